The highest BCUT2D eigenvalue weighted by Crippen LogP contribution is 2.25. The Balaban J connectivity index is 1.46. The normalized spacial score (nSPS) is 10.3. The van der Waals surface area contributed by atoms with Crippen molar-refractivity contribution >= 4 is 34.2 Å². The molecule has 154 valence electrons. The number of hydrogen-bond acceptors (Lipinski definition) is 5. The van der Waals surface area contributed by atoms with Crippen LogP contribution in [0.2, 0.25) is 0 Å². The molecule has 0 aliphatic heterocycles. The Kier molecular flexibility index (Phi) is 6.64. The fraction of sp³-hybridized carbons (Fsp3) is 0.174. The van der Waals surface area contributed by atoms with Gasteiger partial charge in [-0.15, -0.1) is 0 Å². The molecule has 7 nitrogen and oxygen atoms in total. The standard InChI is InChI=1S/C23H22N2O5/c1-25(2)23(28)17-10-12-18(13-11-17)24-21(26)14-30-22(27)15-29-20-9-5-7-16-6-3-4-8-19(16)20/h3-13H,14-15H2,1-2H3,(H,24,26). The Morgan fingerprint density at radius 3 is 2.30 bits per heavy atom. The number of carbonyl (C=O) groups excluding carboxylic acids is 3. The van der Waals surface area contributed by atoms with E-state index in [2.05, 4.69) is 5.32 Å². The van der Waals surface area contributed by atoms with Gasteiger partial charge in [0.2, 0.25) is 0 Å². The molecule has 3 rings (SSSR count). The number of esters is 1. The number of nitrogens with zero attached hydrogens (tertiary/aromatic N) is 1. The molecule has 0 radical (unpaired) electrons. The third kappa shape index (κ3) is 5.35. The molecule has 1 N–H and O–H groups in total. The van der Waals surface area contributed by atoms with Crippen molar-refractivity contribution < 1.29 is 23.9 Å². The van der Waals surface area contributed by atoms with E-state index >= 15 is 0 Å². The predicted molar refractivity (Wildman–Crippen MR) is 113 cm³/mol. The molecule has 0 heterocycles. The molecule has 3 aromatic rings. The van der Waals surface area contributed by atoms with Crippen molar-refractivity contribution in [2.45, 2.75) is 0 Å². The van der Waals surface area contributed by atoms with Gasteiger partial charge in [0.15, 0.2) is 13.2 Å². The fourth-order valence-electron chi connectivity index (χ4n) is 2.80. The topological polar surface area (TPSA) is 84.9 Å². The Morgan fingerprint density at radius 1 is 0.867 bits per heavy atom. The first-order chi connectivity index (χ1) is 14.4. The van der Waals surface area contributed by atoms with Crippen molar-refractivity contribution in [3.8, 4) is 5.75 Å². The molecular formula is C23H22N2O5. The van der Waals surface area contributed by atoms with Gasteiger partial charge in [-0.05, 0) is 35.7 Å². The number of fused-ring (bicyclic) bond motifs is 1. The van der Waals surface area contributed by atoms with Crippen LogP contribution in [-0.2, 0) is 14.3 Å². The van der Waals surface area contributed by atoms with Gasteiger partial charge in [0.1, 0.15) is 5.75 Å². The molecular weight excluding hydrogens is 384 g/mol. The second-order valence-corrected chi connectivity index (χ2v) is 6.75. The molecule has 0 aliphatic carbocycles. The number of anilines is 1. The highest BCUT2D eigenvalue weighted by Gasteiger charge is 2.11. The van der Waals surface area contributed by atoms with E-state index in [0.717, 1.165) is 10.8 Å². The van der Waals surface area contributed by atoms with E-state index in [1.807, 2.05) is 36.4 Å². The first kappa shape index (κ1) is 20.9. The number of benzene rings is 3. The molecule has 30 heavy (non-hydrogen) atoms. The van der Waals surface area contributed by atoms with E-state index in [4.69, 9.17) is 9.47 Å². The summed E-state index contributed by atoms with van der Waals surface area (Å²) in [5.74, 6) is -0.694. The van der Waals surface area contributed by atoms with Crippen LogP contribution in [0.4, 0.5) is 5.69 Å². The molecule has 0 aliphatic rings. The van der Waals surface area contributed by atoms with E-state index in [-0.39, 0.29) is 12.5 Å². The average Bonchev–Trinajstić information content (AvgIpc) is 2.76. The number of nitrogens with one attached hydrogen (secondary N) is 1. The van der Waals surface area contributed by atoms with E-state index in [1.54, 1.807) is 44.4 Å². The van der Waals surface area contributed by atoms with Crippen LogP contribution in [0.3, 0.4) is 0 Å². The second-order valence-electron chi connectivity index (χ2n) is 6.75. The summed E-state index contributed by atoms with van der Waals surface area (Å²) in [4.78, 5) is 37.2. The molecule has 0 spiro atoms. The van der Waals surface area contributed by atoms with Crippen molar-refractivity contribution in [3.05, 3.63) is 72.3 Å². The SMILES string of the molecule is CN(C)C(=O)c1ccc(NC(=O)COC(=O)COc2cccc3ccccc23)cc1. The molecule has 0 bridgehead atoms. The maximum atomic E-state index is 12.0. The lowest BCUT2D eigenvalue weighted by Crippen LogP contribution is -2.24. The van der Waals surface area contributed by atoms with Crippen molar-refractivity contribution in [1.82, 2.24) is 4.90 Å². The third-order valence-electron chi connectivity index (χ3n) is 4.28. The van der Waals surface area contributed by atoms with E-state index < -0.39 is 18.5 Å². The molecule has 2 amide bonds. The van der Waals surface area contributed by atoms with Crippen molar-refractivity contribution in [3.63, 3.8) is 0 Å². The number of rotatable bonds is 7. The lowest BCUT2D eigenvalue weighted by atomic mass is 10.1. The quantitative estimate of drug-likeness (QED) is 0.610. The van der Waals surface area contributed by atoms with Crippen LogP contribution in [-0.4, -0.2) is 50.0 Å². The Morgan fingerprint density at radius 2 is 1.57 bits per heavy atom. The zero-order chi connectivity index (χ0) is 21.5. The van der Waals surface area contributed by atoms with Gasteiger partial charge in [0, 0.05) is 30.7 Å². The molecule has 0 fully saturated rings. The van der Waals surface area contributed by atoms with Crippen LogP contribution < -0.4 is 10.1 Å². The van der Waals surface area contributed by atoms with E-state index in [1.165, 1.54) is 4.90 Å². The molecule has 0 saturated heterocycles. The van der Waals surface area contributed by atoms with Crippen LogP contribution in [0.5, 0.6) is 5.75 Å². The molecule has 0 saturated carbocycles. The molecule has 7 heteroatoms. The number of carbonyl (C=O) groups is 3. The Bertz CT molecular complexity index is 1060. The first-order valence-electron chi connectivity index (χ1n) is 9.32. The van der Waals surface area contributed by atoms with Crippen LogP contribution in [0.1, 0.15) is 10.4 Å². The molecule has 0 aromatic heterocycles. The van der Waals surface area contributed by atoms with Crippen LogP contribution in [0.25, 0.3) is 10.8 Å². The highest BCUT2D eigenvalue weighted by atomic mass is 16.6. The average molecular weight is 406 g/mol. The third-order valence-corrected chi connectivity index (χ3v) is 4.28. The summed E-state index contributed by atoms with van der Waals surface area (Å²) in [6.45, 7) is -0.737. The van der Waals surface area contributed by atoms with Gasteiger partial charge in [-0.2, -0.15) is 0 Å². The predicted octanol–water partition coefficient (Wildman–Crippen LogP) is 3.10. The van der Waals surface area contributed by atoms with Crippen LogP contribution in [0.15, 0.2) is 66.7 Å². The fourth-order valence-corrected chi connectivity index (χ4v) is 2.80. The summed E-state index contributed by atoms with van der Waals surface area (Å²) in [7, 11) is 3.33. The van der Waals surface area contributed by atoms with E-state index in [0.29, 0.717) is 17.0 Å². The minimum Gasteiger partial charge on any atom is -0.481 e. The van der Waals surface area contributed by atoms with Crippen LogP contribution >= 0.6 is 0 Å². The summed E-state index contributed by atoms with van der Waals surface area (Å²) in [5, 5.41) is 4.50. The zero-order valence-corrected chi connectivity index (χ0v) is 16.8. The summed E-state index contributed by atoms with van der Waals surface area (Å²) >= 11 is 0. The first-order valence-corrected chi connectivity index (χ1v) is 9.32. The minimum absolute atomic E-state index is 0.131. The van der Waals surface area contributed by atoms with Crippen molar-refractivity contribution in [1.29, 1.82) is 0 Å². The zero-order valence-electron chi connectivity index (χ0n) is 16.8. The maximum Gasteiger partial charge on any atom is 0.344 e. The van der Waals surface area contributed by atoms with Crippen molar-refractivity contribution in [2.75, 3.05) is 32.6 Å². The summed E-state index contributed by atoms with van der Waals surface area (Å²) < 4.78 is 10.5. The molecule has 0 unspecified atom stereocenters. The number of ether oxygens (including phenoxy) is 2. The van der Waals surface area contributed by atoms with Gasteiger partial charge in [-0.3, -0.25) is 9.59 Å². The van der Waals surface area contributed by atoms with Crippen LogP contribution in [0, 0.1) is 0 Å². The molecule has 3 aromatic carbocycles. The van der Waals surface area contributed by atoms with E-state index in [9.17, 15) is 14.4 Å². The van der Waals surface area contributed by atoms with Gasteiger partial charge in [0.05, 0.1) is 0 Å². The molecule has 0 atom stereocenters. The van der Waals surface area contributed by atoms with Gasteiger partial charge >= 0.3 is 5.97 Å². The summed E-state index contributed by atoms with van der Waals surface area (Å²) in [6.07, 6.45) is 0. The largest absolute Gasteiger partial charge is 0.481 e. The second kappa shape index (κ2) is 9.56. The lowest BCUT2D eigenvalue weighted by molar-refractivity contribution is -0.149. The number of hydrogen-bond donors (Lipinski definition) is 1. The summed E-state index contributed by atoms with van der Waals surface area (Å²) in [5.41, 5.74) is 1.01. The van der Waals surface area contributed by atoms with Gasteiger partial charge in [0.25, 0.3) is 11.8 Å². The summed E-state index contributed by atoms with van der Waals surface area (Å²) in [6, 6.07) is 19.7. The highest BCUT2D eigenvalue weighted by molar-refractivity contribution is 5.96. The minimum atomic E-state index is -0.648. The van der Waals surface area contributed by atoms with Gasteiger partial charge in [-0.1, -0.05) is 36.4 Å². The van der Waals surface area contributed by atoms with Gasteiger partial charge < -0.3 is 19.7 Å². The monoisotopic (exact) mass is 406 g/mol. The van der Waals surface area contributed by atoms with Crippen molar-refractivity contribution in [2.24, 2.45) is 0 Å². The number of amides is 2. The lowest BCUT2D eigenvalue weighted by Gasteiger charge is -2.11. The Labute approximate surface area is 174 Å². The Hall–Kier alpha value is -3.87. The smallest absolute Gasteiger partial charge is 0.344 e. The maximum absolute atomic E-state index is 12.0. The van der Waals surface area contributed by atoms with Gasteiger partial charge in [-0.25, -0.2) is 4.79 Å².